The maximum absolute atomic E-state index is 11.4. The molecule has 0 aliphatic carbocycles. The molecule has 24 heavy (non-hydrogen) atoms. The predicted octanol–water partition coefficient (Wildman–Crippen LogP) is 0.813. The van der Waals surface area contributed by atoms with E-state index in [1.807, 2.05) is 0 Å². The van der Waals surface area contributed by atoms with Crippen molar-refractivity contribution in [3.8, 4) is 5.69 Å². The van der Waals surface area contributed by atoms with Crippen LogP contribution >= 0.6 is 23.2 Å². The van der Waals surface area contributed by atoms with Gasteiger partial charge < -0.3 is 0 Å². The molecule has 1 aliphatic heterocycles. The molecular weight excluding hydrogens is 379 g/mol. The summed E-state index contributed by atoms with van der Waals surface area (Å²) in [6.07, 6.45) is 3.27. The van der Waals surface area contributed by atoms with E-state index in [0.717, 1.165) is 0 Å². The number of carbonyl (C=O) groups is 2. The molecule has 2 aromatic rings. The van der Waals surface area contributed by atoms with Gasteiger partial charge in [0.25, 0.3) is 0 Å². The van der Waals surface area contributed by atoms with Crippen molar-refractivity contribution < 1.29 is 18.0 Å². The number of nitrogens with one attached hydrogen (secondary N) is 1. The van der Waals surface area contributed by atoms with Gasteiger partial charge in [0, 0.05) is 17.4 Å². The summed E-state index contributed by atoms with van der Waals surface area (Å²) in [5, 5.41) is 10.9. The third-order valence-corrected chi connectivity index (χ3v) is 4.44. The first-order valence-corrected chi connectivity index (χ1v) is 8.84. The van der Waals surface area contributed by atoms with Gasteiger partial charge >= 0.3 is 0 Å². The molecule has 0 saturated carbocycles. The van der Waals surface area contributed by atoms with Gasteiger partial charge in [0.15, 0.2) is 0 Å². The molecule has 1 aromatic heterocycles. The lowest BCUT2D eigenvalue weighted by Gasteiger charge is -2.07. The molecule has 0 spiro atoms. The van der Waals surface area contributed by atoms with Gasteiger partial charge in [-0.15, -0.1) is 11.6 Å². The molecule has 3 N–H and O–H groups in total. The number of nitrogens with two attached hydrogens (primary N) is 1. The second-order valence-corrected chi connectivity index (χ2v) is 7.18. The smallest absolute Gasteiger partial charge is 0.245 e. The molecule has 1 aromatic carbocycles. The third-order valence-electron chi connectivity index (χ3n) is 2.89. The average Bonchev–Trinajstić information content (AvgIpc) is 3.09. The summed E-state index contributed by atoms with van der Waals surface area (Å²) in [4.78, 5) is 20.6. The first-order valence-electron chi connectivity index (χ1n) is 6.48. The highest BCUT2D eigenvalue weighted by atomic mass is 35.5. The maximum atomic E-state index is 11.4. The largest absolute Gasteiger partial charge is 0.295 e. The van der Waals surface area contributed by atoms with Gasteiger partial charge in [-0.1, -0.05) is 11.6 Å². The lowest BCUT2D eigenvalue weighted by Crippen LogP contribution is -2.21. The summed E-state index contributed by atoms with van der Waals surface area (Å²) < 4.78 is 24.1. The lowest BCUT2D eigenvalue weighted by molar-refractivity contribution is -0.124. The number of rotatable bonds is 2. The van der Waals surface area contributed by atoms with E-state index in [9.17, 15) is 18.0 Å². The van der Waals surface area contributed by atoms with Crippen molar-refractivity contribution in [1.82, 2.24) is 15.1 Å². The van der Waals surface area contributed by atoms with E-state index < -0.39 is 15.4 Å². The standard InChI is InChI=1S/C9H8ClN3O2S.C4H4ClNO2/c10-7-2-3-9(16(11,14)15)8(6-7)13-5-1-4-12-13;5-2-1-3(7)6-4(2)8/h1-6H,(H2,11,14,15);2H,1H2,(H,6,7,8). The Hall–Kier alpha value is -1.94. The van der Waals surface area contributed by atoms with Crippen LogP contribution < -0.4 is 10.5 Å². The van der Waals surface area contributed by atoms with Crippen LogP contribution in [0.3, 0.4) is 0 Å². The Morgan fingerprint density at radius 1 is 1.33 bits per heavy atom. The normalized spacial score (nSPS) is 17.2. The van der Waals surface area contributed by atoms with Crippen LogP contribution in [-0.2, 0) is 19.6 Å². The van der Waals surface area contributed by atoms with Crippen LogP contribution in [0.2, 0.25) is 5.02 Å². The second kappa shape index (κ2) is 7.31. The molecule has 0 bridgehead atoms. The number of carbonyl (C=O) groups excluding carboxylic acids is 2. The Morgan fingerprint density at radius 2 is 2.04 bits per heavy atom. The van der Waals surface area contributed by atoms with Gasteiger partial charge in [-0.2, -0.15) is 5.10 Å². The van der Waals surface area contributed by atoms with Crippen molar-refractivity contribution in [1.29, 1.82) is 0 Å². The average molecular weight is 391 g/mol. The number of sulfonamides is 1. The SMILES string of the molecule is NS(=O)(=O)c1ccc(Cl)cc1-n1cccn1.O=C1CC(Cl)C(=O)N1. The zero-order valence-corrected chi connectivity index (χ0v) is 14.3. The van der Waals surface area contributed by atoms with Crippen molar-refractivity contribution in [3.63, 3.8) is 0 Å². The zero-order valence-electron chi connectivity index (χ0n) is 12.0. The van der Waals surface area contributed by atoms with Crippen molar-refractivity contribution >= 4 is 45.0 Å². The number of imide groups is 1. The number of hydrogen-bond donors (Lipinski definition) is 2. The van der Waals surface area contributed by atoms with Crippen molar-refractivity contribution in [3.05, 3.63) is 41.7 Å². The Kier molecular flexibility index (Phi) is 5.60. The van der Waals surface area contributed by atoms with E-state index in [4.69, 9.17) is 28.3 Å². The third kappa shape index (κ3) is 4.54. The minimum Gasteiger partial charge on any atom is -0.295 e. The van der Waals surface area contributed by atoms with Crippen LogP contribution in [0.25, 0.3) is 5.69 Å². The van der Waals surface area contributed by atoms with Gasteiger partial charge in [-0.3, -0.25) is 14.9 Å². The number of nitrogens with zero attached hydrogens (tertiary/aromatic N) is 2. The number of amides is 2. The second-order valence-electron chi connectivity index (χ2n) is 4.69. The van der Waals surface area contributed by atoms with Gasteiger partial charge in [0.1, 0.15) is 10.3 Å². The van der Waals surface area contributed by atoms with Crippen LogP contribution in [-0.4, -0.2) is 35.4 Å². The molecular formula is C13H12Cl2N4O4S. The van der Waals surface area contributed by atoms with Crippen LogP contribution in [0.1, 0.15) is 6.42 Å². The Balaban J connectivity index is 0.000000219. The Bertz CT molecular complexity index is 868. The fourth-order valence-electron chi connectivity index (χ4n) is 1.84. The highest BCUT2D eigenvalue weighted by Gasteiger charge is 2.27. The van der Waals surface area contributed by atoms with E-state index in [1.54, 1.807) is 12.3 Å². The minimum atomic E-state index is -3.80. The van der Waals surface area contributed by atoms with Crippen LogP contribution in [0.4, 0.5) is 0 Å². The molecule has 1 aliphatic rings. The fraction of sp³-hybridized carbons (Fsp3) is 0.154. The van der Waals surface area contributed by atoms with Gasteiger partial charge in [0.05, 0.1) is 12.1 Å². The Morgan fingerprint density at radius 3 is 2.46 bits per heavy atom. The van der Waals surface area contributed by atoms with Crippen molar-refractivity contribution in [2.45, 2.75) is 16.7 Å². The molecule has 11 heteroatoms. The summed E-state index contributed by atoms with van der Waals surface area (Å²) >= 11 is 11.1. The van der Waals surface area contributed by atoms with Gasteiger partial charge in [0.2, 0.25) is 21.8 Å². The monoisotopic (exact) mass is 390 g/mol. The maximum Gasteiger partial charge on any atom is 0.245 e. The summed E-state index contributed by atoms with van der Waals surface area (Å²) in [5.41, 5.74) is 0.333. The topological polar surface area (TPSA) is 124 Å². The van der Waals surface area contributed by atoms with Crippen LogP contribution in [0.15, 0.2) is 41.6 Å². The van der Waals surface area contributed by atoms with Crippen LogP contribution in [0.5, 0.6) is 0 Å². The summed E-state index contributed by atoms with van der Waals surface area (Å²) in [5.74, 6) is -0.660. The number of aromatic nitrogens is 2. The quantitative estimate of drug-likeness (QED) is 0.579. The molecule has 1 fully saturated rings. The van der Waals surface area contributed by atoms with Gasteiger partial charge in [-0.25, -0.2) is 18.2 Å². The molecule has 8 nitrogen and oxygen atoms in total. The molecule has 1 unspecified atom stereocenters. The Labute approximate surface area is 147 Å². The van der Waals surface area contributed by atoms with E-state index in [0.29, 0.717) is 10.7 Å². The first kappa shape index (κ1) is 18.4. The molecule has 2 amide bonds. The molecule has 3 rings (SSSR count). The van der Waals surface area contributed by atoms with E-state index in [-0.39, 0.29) is 23.1 Å². The molecule has 2 heterocycles. The molecule has 1 saturated heterocycles. The lowest BCUT2D eigenvalue weighted by atomic mass is 10.3. The number of benzene rings is 1. The minimum absolute atomic E-state index is 0.0133. The van der Waals surface area contributed by atoms with Gasteiger partial charge in [-0.05, 0) is 24.3 Å². The number of alkyl halides is 1. The molecule has 1 atom stereocenters. The molecule has 128 valence electrons. The first-order chi connectivity index (χ1) is 11.2. The van der Waals surface area contributed by atoms with E-state index in [1.165, 1.54) is 29.1 Å². The fourth-order valence-corrected chi connectivity index (χ4v) is 2.91. The molecule has 0 radical (unpaired) electrons. The predicted molar refractivity (Wildman–Crippen MR) is 87.4 cm³/mol. The summed E-state index contributed by atoms with van der Waals surface area (Å²) in [6, 6.07) is 5.99. The zero-order chi connectivity index (χ0) is 17.9. The van der Waals surface area contributed by atoms with E-state index in [2.05, 4.69) is 10.4 Å². The van der Waals surface area contributed by atoms with E-state index >= 15 is 0 Å². The number of primary sulfonamides is 1. The highest BCUT2D eigenvalue weighted by molar-refractivity contribution is 7.89. The summed E-state index contributed by atoms with van der Waals surface area (Å²) in [6.45, 7) is 0. The van der Waals surface area contributed by atoms with Crippen molar-refractivity contribution in [2.24, 2.45) is 5.14 Å². The van der Waals surface area contributed by atoms with Crippen LogP contribution in [0, 0.1) is 0 Å². The number of halogens is 2. The summed E-state index contributed by atoms with van der Waals surface area (Å²) in [7, 11) is -3.80. The highest BCUT2D eigenvalue weighted by Crippen LogP contribution is 2.22. The van der Waals surface area contributed by atoms with Crippen molar-refractivity contribution in [2.75, 3.05) is 0 Å². The number of hydrogen-bond acceptors (Lipinski definition) is 5.